The second-order valence-electron chi connectivity index (χ2n) is 3.82. The Labute approximate surface area is 110 Å². The average molecular weight is 269 g/mol. The molecule has 0 bridgehead atoms. The van der Waals surface area contributed by atoms with Crippen LogP contribution in [0, 0.1) is 5.82 Å². The van der Waals surface area contributed by atoms with Crippen molar-refractivity contribution in [1.82, 2.24) is 10.3 Å². The summed E-state index contributed by atoms with van der Waals surface area (Å²) in [5.74, 6) is 0.534. The van der Waals surface area contributed by atoms with Crippen molar-refractivity contribution in [2.24, 2.45) is 0 Å². The second-order valence-corrected chi connectivity index (χ2v) is 4.23. The monoisotopic (exact) mass is 268 g/mol. The molecule has 2 rings (SSSR count). The second kappa shape index (κ2) is 5.98. The minimum Gasteiger partial charge on any atom is -0.441 e. The molecule has 1 N–H and O–H groups in total. The molecule has 1 aromatic heterocycles. The number of halogens is 2. The maximum atomic E-state index is 13.7. The Bertz CT molecular complexity index is 507. The smallest absolute Gasteiger partial charge is 0.196 e. The van der Waals surface area contributed by atoms with E-state index in [-0.39, 0.29) is 5.56 Å². The number of benzene rings is 1. The molecular formula is C13H14ClFN2O. The Morgan fingerprint density at radius 3 is 3.00 bits per heavy atom. The molecule has 0 fully saturated rings. The van der Waals surface area contributed by atoms with Gasteiger partial charge in [0, 0.05) is 13.0 Å². The lowest BCUT2D eigenvalue weighted by atomic mass is 10.2. The van der Waals surface area contributed by atoms with Crippen molar-refractivity contribution in [2.75, 3.05) is 13.1 Å². The molecule has 5 heteroatoms. The SMILES string of the molecule is CCNCCc1ncc(-c2c(F)cccc2Cl)o1. The summed E-state index contributed by atoms with van der Waals surface area (Å²) in [6.07, 6.45) is 2.17. The summed E-state index contributed by atoms with van der Waals surface area (Å²) in [4.78, 5) is 4.11. The van der Waals surface area contributed by atoms with Crippen LogP contribution in [-0.2, 0) is 6.42 Å². The number of rotatable bonds is 5. The Morgan fingerprint density at radius 2 is 2.28 bits per heavy atom. The lowest BCUT2D eigenvalue weighted by Crippen LogP contribution is -2.16. The summed E-state index contributed by atoms with van der Waals surface area (Å²) in [5, 5.41) is 3.49. The Hall–Kier alpha value is -1.39. The van der Waals surface area contributed by atoms with E-state index in [2.05, 4.69) is 10.3 Å². The number of nitrogens with zero attached hydrogens (tertiary/aromatic N) is 1. The first kappa shape index (κ1) is 13.1. The Kier molecular flexibility index (Phi) is 4.33. The quantitative estimate of drug-likeness (QED) is 0.846. The van der Waals surface area contributed by atoms with Crippen LogP contribution in [0.2, 0.25) is 5.02 Å². The minimum atomic E-state index is -0.406. The van der Waals surface area contributed by atoms with Gasteiger partial charge in [-0.2, -0.15) is 0 Å². The van der Waals surface area contributed by atoms with Crippen LogP contribution in [0.5, 0.6) is 0 Å². The molecule has 0 aliphatic carbocycles. The van der Waals surface area contributed by atoms with Crippen molar-refractivity contribution < 1.29 is 8.81 Å². The van der Waals surface area contributed by atoms with Crippen LogP contribution in [-0.4, -0.2) is 18.1 Å². The largest absolute Gasteiger partial charge is 0.441 e. The zero-order valence-corrected chi connectivity index (χ0v) is 10.8. The first-order chi connectivity index (χ1) is 8.72. The highest BCUT2D eigenvalue weighted by Gasteiger charge is 2.14. The predicted octanol–water partition coefficient (Wildman–Crippen LogP) is 3.29. The van der Waals surface area contributed by atoms with Gasteiger partial charge in [-0.3, -0.25) is 0 Å². The molecule has 0 amide bonds. The van der Waals surface area contributed by atoms with Crippen LogP contribution in [0.15, 0.2) is 28.8 Å². The van der Waals surface area contributed by atoms with E-state index in [0.717, 1.165) is 13.1 Å². The van der Waals surface area contributed by atoms with E-state index in [1.165, 1.54) is 12.3 Å². The number of hydrogen-bond donors (Lipinski definition) is 1. The van der Waals surface area contributed by atoms with Crippen LogP contribution in [0.3, 0.4) is 0 Å². The van der Waals surface area contributed by atoms with E-state index in [0.29, 0.717) is 23.1 Å². The summed E-state index contributed by atoms with van der Waals surface area (Å²) < 4.78 is 19.2. The summed E-state index contributed by atoms with van der Waals surface area (Å²) in [6, 6.07) is 4.53. The third-order valence-electron chi connectivity index (χ3n) is 2.53. The van der Waals surface area contributed by atoms with Gasteiger partial charge in [-0.05, 0) is 18.7 Å². The lowest BCUT2D eigenvalue weighted by molar-refractivity contribution is 0.494. The molecule has 1 heterocycles. The van der Waals surface area contributed by atoms with E-state index in [9.17, 15) is 4.39 Å². The maximum absolute atomic E-state index is 13.7. The van der Waals surface area contributed by atoms with E-state index in [1.54, 1.807) is 12.1 Å². The highest BCUT2D eigenvalue weighted by Crippen LogP contribution is 2.30. The average Bonchev–Trinajstić information content (AvgIpc) is 2.78. The fourth-order valence-corrected chi connectivity index (χ4v) is 1.90. The molecule has 0 radical (unpaired) electrons. The molecule has 1 aromatic carbocycles. The Balaban J connectivity index is 2.19. The van der Waals surface area contributed by atoms with Crippen LogP contribution >= 0.6 is 11.6 Å². The molecule has 0 atom stereocenters. The molecule has 0 aliphatic heterocycles. The van der Waals surface area contributed by atoms with Gasteiger partial charge < -0.3 is 9.73 Å². The molecule has 96 valence electrons. The van der Waals surface area contributed by atoms with Crippen molar-refractivity contribution >= 4 is 11.6 Å². The van der Waals surface area contributed by atoms with Gasteiger partial charge in [-0.25, -0.2) is 9.37 Å². The summed E-state index contributed by atoms with van der Waals surface area (Å²) in [7, 11) is 0. The van der Waals surface area contributed by atoms with E-state index in [4.69, 9.17) is 16.0 Å². The fraction of sp³-hybridized carbons (Fsp3) is 0.308. The molecule has 18 heavy (non-hydrogen) atoms. The van der Waals surface area contributed by atoms with Gasteiger partial charge in [0.2, 0.25) is 0 Å². The number of aromatic nitrogens is 1. The number of oxazole rings is 1. The predicted molar refractivity (Wildman–Crippen MR) is 69.2 cm³/mol. The van der Waals surface area contributed by atoms with Gasteiger partial charge in [-0.1, -0.05) is 24.6 Å². The zero-order valence-electron chi connectivity index (χ0n) is 10.0. The van der Waals surface area contributed by atoms with Crippen molar-refractivity contribution in [1.29, 1.82) is 0 Å². The minimum absolute atomic E-state index is 0.265. The summed E-state index contributed by atoms with van der Waals surface area (Å²) in [5.41, 5.74) is 0.265. The van der Waals surface area contributed by atoms with Crippen molar-refractivity contribution in [3.05, 3.63) is 41.1 Å². The highest BCUT2D eigenvalue weighted by molar-refractivity contribution is 6.33. The first-order valence-electron chi connectivity index (χ1n) is 5.82. The highest BCUT2D eigenvalue weighted by atomic mass is 35.5. The molecule has 0 spiro atoms. The summed E-state index contributed by atoms with van der Waals surface area (Å²) in [6.45, 7) is 3.70. The van der Waals surface area contributed by atoms with Gasteiger partial charge in [-0.15, -0.1) is 0 Å². The van der Waals surface area contributed by atoms with Gasteiger partial charge >= 0.3 is 0 Å². The molecule has 2 aromatic rings. The standard InChI is InChI=1S/C13H14ClFN2O/c1-2-16-7-6-12-17-8-11(18-12)13-9(14)4-3-5-10(13)15/h3-5,8,16H,2,6-7H2,1H3. The summed E-state index contributed by atoms with van der Waals surface area (Å²) >= 11 is 5.96. The van der Waals surface area contributed by atoms with Crippen molar-refractivity contribution in [3.63, 3.8) is 0 Å². The molecule has 0 unspecified atom stereocenters. The van der Waals surface area contributed by atoms with Gasteiger partial charge in [0.1, 0.15) is 5.82 Å². The van der Waals surface area contributed by atoms with Crippen LogP contribution in [0.4, 0.5) is 4.39 Å². The number of hydrogen-bond acceptors (Lipinski definition) is 3. The third-order valence-corrected chi connectivity index (χ3v) is 2.84. The molecule has 3 nitrogen and oxygen atoms in total. The molecular weight excluding hydrogens is 255 g/mol. The van der Waals surface area contributed by atoms with Gasteiger partial charge in [0.05, 0.1) is 16.8 Å². The van der Waals surface area contributed by atoms with Gasteiger partial charge in [0.15, 0.2) is 11.7 Å². The van der Waals surface area contributed by atoms with Crippen molar-refractivity contribution in [2.45, 2.75) is 13.3 Å². The molecule has 0 aliphatic rings. The number of likely N-dealkylation sites (N-methyl/N-ethyl adjacent to an activating group) is 1. The number of nitrogens with one attached hydrogen (secondary N) is 1. The topological polar surface area (TPSA) is 38.1 Å². The fourth-order valence-electron chi connectivity index (χ4n) is 1.65. The van der Waals surface area contributed by atoms with Crippen LogP contribution in [0.25, 0.3) is 11.3 Å². The van der Waals surface area contributed by atoms with Crippen molar-refractivity contribution in [3.8, 4) is 11.3 Å². The third kappa shape index (κ3) is 2.89. The zero-order chi connectivity index (χ0) is 13.0. The van der Waals surface area contributed by atoms with Gasteiger partial charge in [0.25, 0.3) is 0 Å². The Morgan fingerprint density at radius 1 is 1.44 bits per heavy atom. The van der Waals surface area contributed by atoms with Crippen LogP contribution < -0.4 is 5.32 Å². The van der Waals surface area contributed by atoms with E-state index in [1.807, 2.05) is 6.92 Å². The maximum Gasteiger partial charge on any atom is 0.196 e. The normalized spacial score (nSPS) is 10.8. The molecule has 0 saturated heterocycles. The molecule has 0 saturated carbocycles. The van der Waals surface area contributed by atoms with E-state index >= 15 is 0 Å². The first-order valence-corrected chi connectivity index (χ1v) is 6.20. The van der Waals surface area contributed by atoms with Crippen LogP contribution in [0.1, 0.15) is 12.8 Å². The lowest BCUT2D eigenvalue weighted by Gasteiger charge is -2.01. The van der Waals surface area contributed by atoms with E-state index < -0.39 is 5.82 Å².